The molecule has 0 aromatic heterocycles. The lowest BCUT2D eigenvalue weighted by molar-refractivity contribution is 0.315. The van der Waals surface area contributed by atoms with E-state index in [1.165, 1.54) is 19.3 Å². The summed E-state index contributed by atoms with van der Waals surface area (Å²) in [5.74, 6) is 1.04. The molecule has 1 aromatic carbocycles. The minimum atomic E-state index is -3.60. The Morgan fingerprint density at radius 2 is 1.96 bits per heavy atom. The van der Waals surface area contributed by atoms with Crippen molar-refractivity contribution in [2.75, 3.05) is 6.54 Å². The highest BCUT2D eigenvalue weighted by molar-refractivity contribution is 7.89. The minimum absolute atomic E-state index is 0.227. The zero-order valence-electron chi connectivity index (χ0n) is 14.7. The fraction of sp³-hybridized carbons (Fsp3) is 0.588. The molecule has 0 heterocycles. The first kappa shape index (κ1) is 18.7. The third-order valence-corrected chi connectivity index (χ3v) is 5.78. The molecule has 1 aliphatic carbocycles. The number of hydrogen-bond acceptors (Lipinski definition) is 3. The Hall–Kier alpha value is -1.60. The number of aliphatic imine (C=N–C) groups is 1. The van der Waals surface area contributed by atoms with Crippen molar-refractivity contribution < 1.29 is 8.42 Å². The summed E-state index contributed by atoms with van der Waals surface area (Å²) in [6, 6.07) is 6.87. The maximum Gasteiger partial charge on any atom is 0.241 e. The van der Waals surface area contributed by atoms with Crippen LogP contribution in [0.15, 0.2) is 34.2 Å². The van der Waals surface area contributed by atoms with Gasteiger partial charge in [-0.25, -0.2) is 18.1 Å². The predicted molar refractivity (Wildman–Crippen MR) is 97.2 cm³/mol. The molecule has 1 fully saturated rings. The van der Waals surface area contributed by atoms with Crippen LogP contribution < -0.4 is 15.8 Å². The summed E-state index contributed by atoms with van der Waals surface area (Å²) in [6.45, 7) is 6.50. The molecule has 0 bridgehead atoms. The van der Waals surface area contributed by atoms with Gasteiger partial charge in [-0.3, -0.25) is 0 Å². The van der Waals surface area contributed by atoms with Gasteiger partial charge in [0.05, 0.1) is 11.4 Å². The van der Waals surface area contributed by atoms with E-state index in [4.69, 9.17) is 5.73 Å². The SMILES string of the molecule is CC(C)(C)NS(=O)(=O)c1ccccc1CN=C(N)NCC1CCC1. The molecule has 4 N–H and O–H groups in total. The van der Waals surface area contributed by atoms with Crippen molar-refractivity contribution in [2.45, 2.75) is 57.0 Å². The molecule has 1 saturated carbocycles. The molecule has 0 saturated heterocycles. The topological polar surface area (TPSA) is 96.6 Å². The zero-order valence-corrected chi connectivity index (χ0v) is 15.5. The van der Waals surface area contributed by atoms with Crippen molar-refractivity contribution in [3.63, 3.8) is 0 Å². The number of hydrogen-bond donors (Lipinski definition) is 3. The van der Waals surface area contributed by atoms with Crippen molar-refractivity contribution >= 4 is 16.0 Å². The number of nitrogens with two attached hydrogens (primary N) is 1. The molecule has 6 nitrogen and oxygen atoms in total. The molecule has 24 heavy (non-hydrogen) atoms. The third kappa shape index (κ3) is 5.49. The molecule has 0 spiro atoms. The summed E-state index contributed by atoms with van der Waals surface area (Å²) < 4.78 is 27.8. The van der Waals surface area contributed by atoms with Gasteiger partial charge in [0.15, 0.2) is 5.96 Å². The summed E-state index contributed by atoms with van der Waals surface area (Å²) in [6.07, 6.45) is 3.76. The Labute approximate surface area is 145 Å². The van der Waals surface area contributed by atoms with E-state index in [1.807, 2.05) is 20.8 Å². The normalized spacial score (nSPS) is 16.7. The maximum absolute atomic E-state index is 12.6. The second kappa shape index (κ2) is 7.53. The van der Waals surface area contributed by atoms with Crippen LogP contribution in [0.3, 0.4) is 0 Å². The van der Waals surface area contributed by atoms with Crippen molar-refractivity contribution in [3.05, 3.63) is 29.8 Å². The van der Waals surface area contributed by atoms with Crippen LogP contribution in [-0.2, 0) is 16.6 Å². The molecular weight excluding hydrogens is 324 g/mol. The standard InChI is InChI=1S/C17H28N4O2S/c1-17(2,3)21-24(22,23)15-10-5-4-9-14(15)12-20-16(18)19-11-13-7-6-8-13/h4-5,9-10,13,21H,6-8,11-12H2,1-3H3,(H3,18,19,20). The predicted octanol–water partition coefficient (Wildman–Crippen LogP) is 1.97. The Morgan fingerprint density at radius 1 is 1.29 bits per heavy atom. The van der Waals surface area contributed by atoms with Crippen LogP contribution in [0.2, 0.25) is 0 Å². The van der Waals surface area contributed by atoms with Gasteiger partial charge in [-0.15, -0.1) is 0 Å². The van der Waals surface area contributed by atoms with Crippen molar-refractivity contribution in [2.24, 2.45) is 16.6 Å². The average Bonchev–Trinajstić information content (AvgIpc) is 2.41. The minimum Gasteiger partial charge on any atom is -0.370 e. The molecule has 0 aliphatic heterocycles. The van der Waals surface area contributed by atoms with Crippen molar-refractivity contribution in [3.8, 4) is 0 Å². The number of rotatable bonds is 6. The summed E-state index contributed by atoms with van der Waals surface area (Å²) in [5, 5.41) is 3.11. The average molecular weight is 353 g/mol. The number of sulfonamides is 1. The highest BCUT2D eigenvalue weighted by Gasteiger charge is 2.24. The first-order valence-electron chi connectivity index (χ1n) is 8.33. The maximum atomic E-state index is 12.6. The van der Waals surface area contributed by atoms with Gasteiger partial charge in [-0.2, -0.15) is 0 Å². The van der Waals surface area contributed by atoms with Crippen LogP contribution in [0.4, 0.5) is 0 Å². The highest BCUT2D eigenvalue weighted by atomic mass is 32.2. The van der Waals surface area contributed by atoms with Gasteiger partial charge in [-0.05, 0) is 51.2 Å². The van der Waals surface area contributed by atoms with E-state index in [9.17, 15) is 8.42 Å². The van der Waals surface area contributed by atoms with Crippen LogP contribution in [0.1, 0.15) is 45.6 Å². The smallest absolute Gasteiger partial charge is 0.241 e. The summed E-state index contributed by atoms with van der Waals surface area (Å²) >= 11 is 0. The lowest BCUT2D eigenvalue weighted by Gasteiger charge is -2.25. The second-order valence-electron chi connectivity index (χ2n) is 7.34. The van der Waals surface area contributed by atoms with E-state index >= 15 is 0 Å². The largest absolute Gasteiger partial charge is 0.370 e. The molecular formula is C17H28N4O2S. The lowest BCUT2D eigenvalue weighted by Crippen LogP contribution is -2.40. The van der Waals surface area contributed by atoms with Gasteiger partial charge in [0, 0.05) is 12.1 Å². The molecule has 1 aromatic rings. The molecule has 134 valence electrons. The molecule has 7 heteroatoms. The molecule has 0 unspecified atom stereocenters. The molecule has 0 atom stereocenters. The molecule has 2 rings (SSSR count). The fourth-order valence-electron chi connectivity index (χ4n) is 2.53. The van der Waals surface area contributed by atoms with E-state index in [2.05, 4.69) is 15.0 Å². The Balaban J connectivity index is 2.07. The van der Waals surface area contributed by atoms with Gasteiger partial charge in [0.2, 0.25) is 10.0 Å². The number of benzene rings is 1. The number of nitrogens with zero attached hydrogens (tertiary/aromatic N) is 1. The van der Waals surface area contributed by atoms with Gasteiger partial charge < -0.3 is 11.1 Å². The first-order chi connectivity index (χ1) is 11.2. The summed E-state index contributed by atoms with van der Waals surface area (Å²) in [5.41, 5.74) is 5.97. The van der Waals surface area contributed by atoms with Crippen molar-refractivity contribution in [1.82, 2.24) is 10.0 Å². The van der Waals surface area contributed by atoms with Crippen molar-refractivity contribution in [1.29, 1.82) is 0 Å². The van der Waals surface area contributed by atoms with E-state index in [0.29, 0.717) is 17.4 Å². The second-order valence-corrected chi connectivity index (χ2v) is 8.99. The number of guanidine groups is 1. The Bertz CT molecular complexity index is 689. The van der Waals surface area contributed by atoms with E-state index in [0.717, 1.165) is 6.54 Å². The highest BCUT2D eigenvalue weighted by Crippen LogP contribution is 2.25. The lowest BCUT2D eigenvalue weighted by atomic mass is 9.85. The van der Waals surface area contributed by atoms with Gasteiger partial charge in [-0.1, -0.05) is 24.6 Å². The zero-order chi connectivity index (χ0) is 17.8. The third-order valence-electron chi connectivity index (χ3n) is 3.92. The number of nitrogens with one attached hydrogen (secondary N) is 2. The van der Waals surface area contributed by atoms with Crippen LogP contribution in [0, 0.1) is 5.92 Å². The Morgan fingerprint density at radius 3 is 2.54 bits per heavy atom. The quantitative estimate of drug-likeness (QED) is 0.539. The molecule has 1 aliphatic rings. The van der Waals surface area contributed by atoms with Crippen LogP contribution in [0.5, 0.6) is 0 Å². The van der Waals surface area contributed by atoms with Gasteiger partial charge in [0.1, 0.15) is 0 Å². The fourth-order valence-corrected chi connectivity index (χ4v) is 4.18. The first-order valence-corrected chi connectivity index (χ1v) is 9.81. The van der Waals surface area contributed by atoms with E-state index < -0.39 is 15.6 Å². The monoisotopic (exact) mass is 352 g/mol. The van der Waals surface area contributed by atoms with Crippen LogP contribution in [0.25, 0.3) is 0 Å². The van der Waals surface area contributed by atoms with Crippen LogP contribution >= 0.6 is 0 Å². The summed E-state index contributed by atoms with van der Waals surface area (Å²) in [7, 11) is -3.60. The van der Waals surface area contributed by atoms with Gasteiger partial charge >= 0.3 is 0 Å². The summed E-state index contributed by atoms with van der Waals surface area (Å²) in [4.78, 5) is 4.53. The molecule has 0 radical (unpaired) electrons. The van der Waals surface area contributed by atoms with Crippen LogP contribution in [-0.4, -0.2) is 26.5 Å². The Kier molecular flexibility index (Phi) is 5.87. The van der Waals surface area contributed by atoms with E-state index in [1.54, 1.807) is 24.3 Å². The van der Waals surface area contributed by atoms with Gasteiger partial charge in [0.25, 0.3) is 0 Å². The van der Waals surface area contributed by atoms with E-state index in [-0.39, 0.29) is 11.4 Å². The molecule has 0 amide bonds.